The second-order valence-electron chi connectivity index (χ2n) is 3.18. The molecule has 6 nitrogen and oxygen atoms in total. The summed E-state index contributed by atoms with van der Waals surface area (Å²) in [6, 6.07) is 0. The molecule has 2 fully saturated rings. The Morgan fingerprint density at radius 3 is 2.87 bits per heavy atom. The van der Waals surface area contributed by atoms with Gasteiger partial charge in [0.15, 0.2) is 6.10 Å². The predicted molar refractivity (Wildman–Crippen MR) is 55.5 cm³/mol. The lowest BCUT2D eigenvalue weighted by Crippen LogP contribution is -2.31. The van der Waals surface area contributed by atoms with E-state index in [1.54, 1.807) is 0 Å². The standard InChI is InChI=1S/C6H9NO5.C2H6S/c8-7(9)12-5-3-11-4-1-2-10-6(4)5;1-2-3/h4-6H,1-3H2;3H,2H2,1H3/t4-,5?,6+;/m1./s1. The molecule has 7 heteroatoms. The van der Waals surface area contributed by atoms with Crippen LogP contribution in [0.4, 0.5) is 0 Å². The minimum atomic E-state index is -0.794. The van der Waals surface area contributed by atoms with Crippen molar-refractivity contribution in [3.63, 3.8) is 0 Å². The topological polar surface area (TPSA) is 70.8 Å². The van der Waals surface area contributed by atoms with Gasteiger partial charge in [-0.25, -0.2) is 0 Å². The number of nitrogens with zero attached hydrogens (tertiary/aromatic N) is 1. The van der Waals surface area contributed by atoms with E-state index in [0.717, 1.165) is 12.2 Å². The molecule has 0 aliphatic carbocycles. The molecular weight excluding hydrogens is 222 g/mol. The first-order valence-corrected chi connectivity index (χ1v) is 5.47. The fraction of sp³-hybridized carbons (Fsp3) is 1.00. The Kier molecular flexibility index (Phi) is 5.13. The number of thiol groups is 1. The van der Waals surface area contributed by atoms with E-state index in [1.807, 2.05) is 6.92 Å². The third-order valence-electron chi connectivity index (χ3n) is 2.14. The highest BCUT2D eigenvalue weighted by atomic mass is 32.1. The van der Waals surface area contributed by atoms with Crippen LogP contribution in [0.25, 0.3) is 0 Å². The molecule has 0 saturated carbocycles. The minimum Gasteiger partial charge on any atom is -0.373 e. The van der Waals surface area contributed by atoms with Crippen molar-refractivity contribution < 1.29 is 19.4 Å². The molecule has 88 valence electrons. The SMILES string of the molecule is CCS.O=[N+]([O-])OC1CO[C@@H]2CCO[C@H]12. The number of hydrogen-bond acceptors (Lipinski definition) is 6. The summed E-state index contributed by atoms with van der Waals surface area (Å²) < 4.78 is 10.5. The van der Waals surface area contributed by atoms with Crippen molar-refractivity contribution >= 4 is 12.6 Å². The van der Waals surface area contributed by atoms with Crippen molar-refractivity contribution in [1.29, 1.82) is 0 Å². The third kappa shape index (κ3) is 3.51. The van der Waals surface area contributed by atoms with Crippen LogP contribution < -0.4 is 0 Å². The van der Waals surface area contributed by atoms with Crippen LogP contribution in [0.2, 0.25) is 0 Å². The zero-order chi connectivity index (χ0) is 11.3. The molecule has 0 bridgehead atoms. The van der Waals surface area contributed by atoms with Crippen molar-refractivity contribution in [3.8, 4) is 0 Å². The van der Waals surface area contributed by atoms with E-state index in [9.17, 15) is 10.1 Å². The van der Waals surface area contributed by atoms with E-state index < -0.39 is 11.2 Å². The van der Waals surface area contributed by atoms with Gasteiger partial charge in [0, 0.05) is 6.61 Å². The van der Waals surface area contributed by atoms with Crippen molar-refractivity contribution in [2.45, 2.75) is 31.7 Å². The molecule has 0 aromatic rings. The number of rotatable bonds is 2. The molecular formula is C8H15NO5S. The molecule has 0 radical (unpaired) electrons. The molecule has 2 rings (SSSR count). The van der Waals surface area contributed by atoms with Crippen molar-refractivity contribution in [2.24, 2.45) is 0 Å². The van der Waals surface area contributed by atoms with E-state index in [0.29, 0.717) is 6.61 Å². The van der Waals surface area contributed by atoms with Gasteiger partial charge in [0.2, 0.25) is 0 Å². The number of ether oxygens (including phenoxy) is 2. The van der Waals surface area contributed by atoms with E-state index in [4.69, 9.17) is 9.47 Å². The first-order chi connectivity index (χ1) is 7.19. The summed E-state index contributed by atoms with van der Waals surface area (Å²) in [6.45, 7) is 2.85. The lowest BCUT2D eigenvalue weighted by Gasteiger charge is -2.12. The molecule has 2 heterocycles. The van der Waals surface area contributed by atoms with Crippen LogP contribution in [0.5, 0.6) is 0 Å². The first-order valence-electron chi connectivity index (χ1n) is 4.84. The van der Waals surface area contributed by atoms with Crippen LogP contribution in [-0.4, -0.2) is 42.4 Å². The largest absolute Gasteiger partial charge is 0.373 e. The van der Waals surface area contributed by atoms with Gasteiger partial charge in [-0.2, -0.15) is 12.6 Å². The van der Waals surface area contributed by atoms with Gasteiger partial charge in [0.25, 0.3) is 5.09 Å². The fourth-order valence-corrected chi connectivity index (χ4v) is 1.63. The van der Waals surface area contributed by atoms with Crippen LogP contribution in [-0.2, 0) is 14.3 Å². The lowest BCUT2D eigenvalue weighted by atomic mass is 10.1. The summed E-state index contributed by atoms with van der Waals surface area (Å²) in [5.74, 6) is 0.944. The van der Waals surface area contributed by atoms with Crippen LogP contribution >= 0.6 is 12.6 Å². The fourth-order valence-electron chi connectivity index (χ4n) is 1.63. The zero-order valence-corrected chi connectivity index (χ0v) is 9.39. The quantitative estimate of drug-likeness (QED) is 0.434. The predicted octanol–water partition coefficient (Wildman–Crippen LogP) is 0.687. The van der Waals surface area contributed by atoms with Gasteiger partial charge in [0.05, 0.1) is 12.7 Å². The molecule has 2 saturated heterocycles. The van der Waals surface area contributed by atoms with Gasteiger partial charge >= 0.3 is 0 Å². The van der Waals surface area contributed by atoms with Crippen molar-refractivity contribution in [3.05, 3.63) is 10.1 Å². The van der Waals surface area contributed by atoms with Crippen LogP contribution in [0.3, 0.4) is 0 Å². The molecule has 0 spiro atoms. The van der Waals surface area contributed by atoms with E-state index in [1.165, 1.54) is 0 Å². The van der Waals surface area contributed by atoms with Gasteiger partial charge < -0.3 is 14.3 Å². The minimum absolute atomic E-state index is 0.00468. The Morgan fingerprint density at radius 1 is 1.60 bits per heavy atom. The van der Waals surface area contributed by atoms with Gasteiger partial charge in [-0.15, -0.1) is 10.1 Å². The first kappa shape index (κ1) is 12.5. The van der Waals surface area contributed by atoms with Crippen LogP contribution in [0.15, 0.2) is 0 Å². The smallest absolute Gasteiger partial charge is 0.294 e. The Hall–Kier alpha value is -0.530. The van der Waals surface area contributed by atoms with E-state index >= 15 is 0 Å². The molecule has 0 aromatic carbocycles. The molecule has 15 heavy (non-hydrogen) atoms. The summed E-state index contributed by atoms with van der Waals surface area (Å²) in [5.41, 5.74) is 0. The summed E-state index contributed by atoms with van der Waals surface area (Å²) in [6.07, 6.45) is 0.0280. The normalized spacial score (nSPS) is 32.8. The maximum atomic E-state index is 10.0. The van der Waals surface area contributed by atoms with Gasteiger partial charge in [-0.1, -0.05) is 6.92 Å². The average Bonchev–Trinajstić information content (AvgIpc) is 2.70. The van der Waals surface area contributed by atoms with Crippen molar-refractivity contribution in [1.82, 2.24) is 0 Å². The third-order valence-corrected chi connectivity index (χ3v) is 2.14. The van der Waals surface area contributed by atoms with Crippen LogP contribution in [0.1, 0.15) is 13.3 Å². The molecule has 0 aromatic heterocycles. The zero-order valence-electron chi connectivity index (χ0n) is 8.50. The summed E-state index contributed by atoms with van der Waals surface area (Å²) in [7, 11) is 0. The highest BCUT2D eigenvalue weighted by Gasteiger charge is 2.43. The van der Waals surface area contributed by atoms with Gasteiger partial charge in [-0.05, 0) is 12.2 Å². The summed E-state index contributed by atoms with van der Waals surface area (Å²) in [5, 5.41) is 9.22. The molecule has 0 N–H and O–H groups in total. The second kappa shape index (κ2) is 6.14. The van der Waals surface area contributed by atoms with Crippen LogP contribution in [0, 0.1) is 10.1 Å². The monoisotopic (exact) mass is 237 g/mol. The molecule has 1 unspecified atom stereocenters. The molecule has 3 atom stereocenters. The summed E-state index contributed by atoms with van der Waals surface area (Å²) in [4.78, 5) is 14.4. The maximum absolute atomic E-state index is 10.0. The highest BCUT2D eigenvalue weighted by Crippen LogP contribution is 2.28. The Morgan fingerprint density at radius 2 is 2.27 bits per heavy atom. The molecule has 0 amide bonds. The van der Waals surface area contributed by atoms with E-state index in [-0.39, 0.29) is 18.8 Å². The average molecular weight is 237 g/mol. The number of fused-ring (bicyclic) bond motifs is 1. The summed E-state index contributed by atoms with van der Waals surface area (Å²) >= 11 is 3.79. The Bertz CT molecular complexity index is 215. The maximum Gasteiger partial charge on any atom is 0.294 e. The Balaban J connectivity index is 0.000000337. The number of hydrogen-bond donors (Lipinski definition) is 1. The van der Waals surface area contributed by atoms with Gasteiger partial charge in [-0.3, -0.25) is 0 Å². The molecule has 2 aliphatic rings. The van der Waals surface area contributed by atoms with Gasteiger partial charge in [0.1, 0.15) is 6.10 Å². The Labute approximate surface area is 93.4 Å². The van der Waals surface area contributed by atoms with Crippen molar-refractivity contribution in [2.75, 3.05) is 19.0 Å². The highest BCUT2D eigenvalue weighted by molar-refractivity contribution is 7.80. The lowest BCUT2D eigenvalue weighted by molar-refractivity contribution is -0.769. The van der Waals surface area contributed by atoms with E-state index in [2.05, 4.69) is 17.5 Å². The molecule has 2 aliphatic heterocycles. The second-order valence-corrected chi connectivity index (χ2v) is 3.81.